The summed E-state index contributed by atoms with van der Waals surface area (Å²) in [5, 5.41) is 0. The lowest BCUT2D eigenvalue weighted by Gasteiger charge is -2.08. The van der Waals surface area contributed by atoms with Crippen molar-refractivity contribution in [3.05, 3.63) is 42.0 Å². The Balaban J connectivity index is 2.69. The molecule has 1 aromatic rings. The fraction of sp³-hybridized carbons (Fsp3) is 0.429. The number of benzene rings is 1. The summed E-state index contributed by atoms with van der Waals surface area (Å²) in [6.45, 7) is 8.34. The largest absolute Gasteiger partial charge is 0.0955 e. The predicted molar refractivity (Wildman–Crippen MR) is 64.4 cm³/mol. The Hall–Kier alpha value is -1.04. The van der Waals surface area contributed by atoms with Crippen LogP contribution in [0.3, 0.4) is 0 Å². The molecule has 0 atom stereocenters. The molecule has 0 bridgehead atoms. The third kappa shape index (κ3) is 3.02. The molecule has 1 aromatic carbocycles. The van der Waals surface area contributed by atoms with Crippen molar-refractivity contribution in [1.82, 2.24) is 0 Å². The summed E-state index contributed by atoms with van der Waals surface area (Å²) in [5.41, 5.74) is 3.97. The molecule has 0 radical (unpaired) electrons. The second kappa shape index (κ2) is 5.64. The van der Waals surface area contributed by atoms with Gasteiger partial charge in [-0.3, -0.25) is 0 Å². The van der Waals surface area contributed by atoms with Crippen LogP contribution >= 0.6 is 0 Å². The van der Waals surface area contributed by atoms with Crippen LogP contribution < -0.4 is 0 Å². The summed E-state index contributed by atoms with van der Waals surface area (Å²) in [6.07, 6.45) is 5.09. The second-order valence-electron chi connectivity index (χ2n) is 3.89. The normalized spacial score (nSPS) is 10.1. The molecule has 0 nitrogen and oxygen atoms in total. The lowest BCUT2D eigenvalue weighted by atomic mass is 9.97. The molecule has 0 saturated heterocycles. The standard InChI is InChI=1S/C14H20/c1-4-5-6-9-13-10-7-8-11-14(13)12(2)3/h7-8,10-11H,2,4-6,9H2,1,3H3. The highest BCUT2D eigenvalue weighted by Gasteiger charge is 2.00. The summed E-state index contributed by atoms with van der Waals surface area (Å²) in [6, 6.07) is 8.60. The van der Waals surface area contributed by atoms with E-state index in [2.05, 4.69) is 44.7 Å². The van der Waals surface area contributed by atoms with Gasteiger partial charge in [-0.05, 0) is 30.9 Å². The Morgan fingerprint density at radius 1 is 1.21 bits per heavy atom. The molecule has 0 heteroatoms. The van der Waals surface area contributed by atoms with E-state index >= 15 is 0 Å². The maximum absolute atomic E-state index is 4.01. The average Bonchev–Trinajstić information content (AvgIpc) is 2.19. The van der Waals surface area contributed by atoms with E-state index in [4.69, 9.17) is 0 Å². The van der Waals surface area contributed by atoms with Gasteiger partial charge in [0.2, 0.25) is 0 Å². The van der Waals surface area contributed by atoms with Crippen LogP contribution in [0.5, 0.6) is 0 Å². The summed E-state index contributed by atoms with van der Waals surface area (Å²) in [5.74, 6) is 0. The first kappa shape index (κ1) is 11.0. The van der Waals surface area contributed by atoms with E-state index in [1.54, 1.807) is 0 Å². The minimum absolute atomic E-state index is 1.18. The van der Waals surface area contributed by atoms with Crippen LogP contribution in [0.4, 0.5) is 0 Å². The summed E-state index contributed by atoms with van der Waals surface area (Å²) in [7, 11) is 0. The molecular weight excluding hydrogens is 168 g/mol. The van der Waals surface area contributed by atoms with Crippen molar-refractivity contribution in [2.45, 2.75) is 39.5 Å². The van der Waals surface area contributed by atoms with Gasteiger partial charge >= 0.3 is 0 Å². The molecule has 0 amide bonds. The van der Waals surface area contributed by atoms with Crippen LogP contribution in [0.2, 0.25) is 0 Å². The maximum atomic E-state index is 4.01. The van der Waals surface area contributed by atoms with Crippen molar-refractivity contribution in [2.75, 3.05) is 0 Å². The Morgan fingerprint density at radius 2 is 1.93 bits per heavy atom. The highest BCUT2D eigenvalue weighted by atomic mass is 14.1. The van der Waals surface area contributed by atoms with Gasteiger partial charge in [0.15, 0.2) is 0 Å². The minimum Gasteiger partial charge on any atom is -0.0955 e. The van der Waals surface area contributed by atoms with E-state index in [0.717, 1.165) is 0 Å². The molecular formula is C14H20. The molecule has 0 saturated carbocycles. The zero-order valence-corrected chi connectivity index (χ0v) is 9.34. The van der Waals surface area contributed by atoms with Crippen LogP contribution in [-0.4, -0.2) is 0 Å². The first-order chi connectivity index (χ1) is 6.75. The fourth-order valence-corrected chi connectivity index (χ4v) is 1.72. The Morgan fingerprint density at radius 3 is 2.57 bits per heavy atom. The Kier molecular flexibility index (Phi) is 4.45. The van der Waals surface area contributed by atoms with Crippen molar-refractivity contribution in [1.29, 1.82) is 0 Å². The Bertz CT molecular complexity index is 297. The highest BCUT2D eigenvalue weighted by molar-refractivity contribution is 5.64. The van der Waals surface area contributed by atoms with Crippen molar-refractivity contribution in [3.8, 4) is 0 Å². The molecule has 0 heterocycles. The summed E-state index contributed by atoms with van der Waals surface area (Å²) >= 11 is 0. The lowest BCUT2D eigenvalue weighted by molar-refractivity contribution is 0.716. The molecule has 0 aromatic heterocycles. The highest BCUT2D eigenvalue weighted by Crippen LogP contribution is 2.19. The van der Waals surface area contributed by atoms with Gasteiger partial charge in [0.05, 0.1) is 0 Å². The Labute approximate surface area is 87.7 Å². The van der Waals surface area contributed by atoms with Gasteiger partial charge in [0, 0.05) is 0 Å². The quantitative estimate of drug-likeness (QED) is 0.599. The SMILES string of the molecule is C=C(C)c1ccccc1CCCCC. The van der Waals surface area contributed by atoms with Gasteiger partial charge in [-0.2, -0.15) is 0 Å². The smallest absolute Gasteiger partial charge is 0.0201 e. The maximum Gasteiger partial charge on any atom is -0.0201 e. The third-order valence-corrected chi connectivity index (χ3v) is 2.53. The van der Waals surface area contributed by atoms with Gasteiger partial charge in [-0.1, -0.05) is 56.2 Å². The van der Waals surface area contributed by atoms with Gasteiger partial charge < -0.3 is 0 Å². The first-order valence-corrected chi connectivity index (χ1v) is 5.49. The molecule has 0 aliphatic carbocycles. The number of aryl methyl sites for hydroxylation is 1. The number of hydrogen-bond acceptors (Lipinski definition) is 0. The molecule has 1 rings (SSSR count). The molecule has 0 N–H and O–H groups in total. The van der Waals surface area contributed by atoms with Crippen molar-refractivity contribution >= 4 is 5.57 Å². The minimum atomic E-state index is 1.18. The zero-order chi connectivity index (χ0) is 10.4. The number of unbranched alkanes of at least 4 members (excludes halogenated alkanes) is 2. The molecule has 0 aliphatic rings. The zero-order valence-electron chi connectivity index (χ0n) is 9.34. The molecule has 14 heavy (non-hydrogen) atoms. The van der Waals surface area contributed by atoms with Crippen LogP contribution in [-0.2, 0) is 6.42 Å². The summed E-state index contributed by atoms with van der Waals surface area (Å²) in [4.78, 5) is 0. The van der Waals surface area contributed by atoms with E-state index < -0.39 is 0 Å². The topological polar surface area (TPSA) is 0 Å². The van der Waals surface area contributed by atoms with Gasteiger partial charge in [0.25, 0.3) is 0 Å². The van der Waals surface area contributed by atoms with Gasteiger partial charge in [0.1, 0.15) is 0 Å². The third-order valence-electron chi connectivity index (χ3n) is 2.53. The van der Waals surface area contributed by atoms with Crippen LogP contribution in [0, 0.1) is 0 Å². The second-order valence-corrected chi connectivity index (χ2v) is 3.89. The molecule has 0 fully saturated rings. The number of allylic oxidation sites excluding steroid dienone is 1. The van der Waals surface area contributed by atoms with Crippen LogP contribution in [0.15, 0.2) is 30.8 Å². The van der Waals surface area contributed by atoms with Gasteiger partial charge in [-0.15, -0.1) is 0 Å². The molecule has 76 valence electrons. The van der Waals surface area contributed by atoms with Crippen LogP contribution in [0.25, 0.3) is 5.57 Å². The summed E-state index contributed by atoms with van der Waals surface area (Å²) < 4.78 is 0. The lowest BCUT2D eigenvalue weighted by Crippen LogP contribution is -1.91. The van der Waals surface area contributed by atoms with E-state index in [1.807, 2.05) is 0 Å². The fourth-order valence-electron chi connectivity index (χ4n) is 1.72. The number of hydrogen-bond donors (Lipinski definition) is 0. The monoisotopic (exact) mass is 188 g/mol. The molecule has 0 unspecified atom stereocenters. The van der Waals surface area contributed by atoms with E-state index in [-0.39, 0.29) is 0 Å². The average molecular weight is 188 g/mol. The predicted octanol–water partition coefficient (Wildman–Crippen LogP) is 4.45. The van der Waals surface area contributed by atoms with Crippen molar-refractivity contribution in [3.63, 3.8) is 0 Å². The van der Waals surface area contributed by atoms with Crippen molar-refractivity contribution in [2.24, 2.45) is 0 Å². The van der Waals surface area contributed by atoms with Gasteiger partial charge in [-0.25, -0.2) is 0 Å². The van der Waals surface area contributed by atoms with E-state index in [1.165, 1.54) is 42.4 Å². The molecule has 0 spiro atoms. The molecule has 0 aliphatic heterocycles. The van der Waals surface area contributed by atoms with E-state index in [9.17, 15) is 0 Å². The van der Waals surface area contributed by atoms with Crippen LogP contribution in [0.1, 0.15) is 44.2 Å². The first-order valence-electron chi connectivity index (χ1n) is 5.49. The van der Waals surface area contributed by atoms with Crippen molar-refractivity contribution < 1.29 is 0 Å². The number of rotatable bonds is 5. The van der Waals surface area contributed by atoms with E-state index in [0.29, 0.717) is 0 Å².